The Bertz CT molecular complexity index is 533. The molecule has 0 aromatic rings. The third kappa shape index (κ3) is 2.90. The first-order valence-corrected chi connectivity index (χ1v) is 8.54. The standard InChI is InChI=1S/C17H27N3O3/c1-10(2)13-11-4-5-12(13)15(17(22)23)14(11)16(21)18-20-8-6-19(3)7-9-20/h11-12,14-15H,4-9H2,1-3H3,(H,18,21)(H,22,23). The van der Waals surface area contributed by atoms with E-state index < -0.39 is 17.8 Å². The molecular weight excluding hydrogens is 294 g/mol. The molecule has 1 heterocycles. The van der Waals surface area contributed by atoms with E-state index in [1.54, 1.807) is 0 Å². The van der Waals surface area contributed by atoms with Gasteiger partial charge < -0.3 is 10.0 Å². The number of nitrogens with zero attached hydrogens (tertiary/aromatic N) is 2. The molecule has 2 aliphatic carbocycles. The second-order valence-electron chi connectivity index (χ2n) is 7.40. The predicted molar refractivity (Wildman–Crippen MR) is 86.4 cm³/mol. The summed E-state index contributed by atoms with van der Waals surface area (Å²) in [7, 11) is 2.07. The Balaban J connectivity index is 1.76. The number of aliphatic carboxylic acids is 1. The van der Waals surface area contributed by atoms with Crippen LogP contribution in [0.4, 0.5) is 0 Å². The van der Waals surface area contributed by atoms with Crippen LogP contribution in [0.3, 0.4) is 0 Å². The first kappa shape index (κ1) is 16.5. The van der Waals surface area contributed by atoms with E-state index >= 15 is 0 Å². The van der Waals surface area contributed by atoms with Crippen molar-refractivity contribution in [3.63, 3.8) is 0 Å². The molecule has 23 heavy (non-hydrogen) atoms. The molecule has 0 spiro atoms. The number of hydrazine groups is 1. The Morgan fingerprint density at radius 1 is 1.04 bits per heavy atom. The van der Waals surface area contributed by atoms with Crippen LogP contribution in [0.2, 0.25) is 0 Å². The quantitative estimate of drug-likeness (QED) is 0.758. The Morgan fingerprint density at radius 2 is 1.61 bits per heavy atom. The summed E-state index contributed by atoms with van der Waals surface area (Å²) in [5, 5.41) is 11.6. The lowest BCUT2D eigenvalue weighted by atomic mass is 9.79. The van der Waals surface area contributed by atoms with Gasteiger partial charge in [0.15, 0.2) is 0 Å². The number of allylic oxidation sites excluding steroid dienone is 2. The van der Waals surface area contributed by atoms with Gasteiger partial charge in [-0.3, -0.25) is 15.0 Å². The van der Waals surface area contributed by atoms with Gasteiger partial charge in [0.1, 0.15) is 0 Å². The summed E-state index contributed by atoms with van der Waals surface area (Å²) in [6.45, 7) is 7.49. The number of hydrogen-bond acceptors (Lipinski definition) is 4. The summed E-state index contributed by atoms with van der Waals surface area (Å²) in [6, 6.07) is 0. The van der Waals surface area contributed by atoms with Crippen LogP contribution in [-0.2, 0) is 9.59 Å². The largest absolute Gasteiger partial charge is 0.481 e. The minimum Gasteiger partial charge on any atom is -0.481 e. The summed E-state index contributed by atoms with van der Waals surface area (Å²) in [5.41, 5.74) is 5.42. The van der Waals surface area contributed by atoms with Gasteiger partial charge in [-0.2, -0.15) is 0 Å². The van der Waals surface area contributed by atoms with E-state index in [2.05, 4.69) is 17.4 Å². The lowest BCUT2D eigenvalue weighted by molar-refractivity contribution is -0.151. The first-order chi connectivity index (χ1) is 10.9. The predicted octanol–water partition coefficient (Wildman–Crippen LogP) is 0.958. The molecule has 4 unspecified atom stereocenters. The number of amides is 1. The van der Waals surface area contributed by atoms with Crippen LogP contribution in [0.25, 0.3) is 0 Å². The van der Waals surface area contributed by atoms with Crippen LogP contribution in [-0.4, -0.2) is 60.1 Å². The van der Waals surface area contributed by atoms with Crippen molar-refractivity contribution in [2.24, 2.45) is 23.7 Å². The molecular formula is C17H27N3O3. The maximum Gasteiger partial charge on any atom is 0.307 e. The molecule has 0 radical (unpaired) electrons. The van der Waals surface area contributed by atoms with Gasteiger partial charge in [0.2, 0.25) is 5.91 Å². The molecule has 4 atom stereocenters. The highest BCUT2D eigenvalue weighted by Gasteiger charge is 2.57. The van der Waals surface area contributed by atoms with Crippen molar-refractivity contribution in [3.8, 4) is 0 Å². The third-order valence-electron chi connectivity index (χ3n) is 5.78. The van der Waals surface area contributed by atoms with Crippen LogP contribution in [0, 0.1) is 23.7 Å². The van der Waals surface area contributed by atoms with E-state index in [4.69, 9.17) is 0 Å². The molecule has 1 saturated heterocycles. The van der Waals surface area contributed by atoms with Gasteiger partial charge in [0.25, 0.3) is 0 Å². The molecule has 2 saturated carbocycles. The average Bonchev–Trinajstić information content (AvgIpc) is 3.05. The number of nitrogens with one attached hydrogen (secondary N) is 1. The van der Waals surface area contributed by atoms with Gasteiger partial charge >= 0.3 is 5.97 Å². The van der Waals surface area contributed by atoms with E-state index in [1.165, 1.54) is 11.1 Å². The van der Waals surface area contributed by atoms with Gasteiger partial charge in [0, 0.05) is 26.2 Å². The molecule has 6 nitrogen and oxygen atoms in total. The van der Waals surface area contributed by atoms with Crippen molar-refractivity contribution >= 4 is 11.9 Å². The molecule has 6 heteroatoms. The van der Waals surface area contributed by atoms with Gasteiger partial charge in [-0.05, 0) is 45.6 Å². The summed E-state index contributed by atoms with van der Waals surface area (Å²) in [5.74, 6) is -1.76. The highest BCUT2D eigenvalue weighted by Crippen LogP contribution is 2.57. The Kier molecular flexibility index (Phi) is 4.47. The van der Waals surface area contributed by atoms with E-state index in [-0.39, 0.29) is 17.7 Å². The minimum absolute atomic E-state index is 0.0470. The molecule has 3 aliphatic rings. The van der Waals surface area contributed by atoms with Crippen molar-refractivity contribution in [1.82, 2.24) is 15.3 Å². The smallest absolute Gasteiger partial charge is 0.307 e. The lowest BCUT2D eigenvalue weighted by Gasteiger charge is -2.34. The first-order valence-electron chi connectivity index (χ1n) is 8.54. The molecule has 1 amide bonds. The number of carbonyl (C=O) groups is 2. The van der Waals surface area contributed by atoms with Gasteiger partial charge in [-0.15, -0.1) is 0 Å². The van der Waals surface area contributed by atoms with Crippen LogP contribution in [0.1, 0.15) is 26.7 Å². The number of piperazine rings is 1. The number of fused-ring (bicyclic) bond motifs is 2. The molecule has 3 fully saturated rings. The summed E-state index contributed by atoms with van der Waals surface area (Å²) >= 11 is 0. The lowest BCUT2D eigenvalue weighted by Crippen LogP contribution is -2.55. The van der Waals surface area contributed by atoms with Gasteiger partial charge in [-0.25, -0.2) is 5.01 Å². The number of carboxylic acids is 1. The molecule has 2 N–H and O–H groups in total. The second kappa shape index (κ2) is 6.24. The van der Waals surface area contributed by atoms with Crippen molar-refractivity contribution in [3.05, 3.63) is 11.1 Å². The molecule has 2 bridgehead atoms. The fourth-order valence-electron chi connectivity index (χ4n) is 4.75. The molecule has 3 rings (SSSR count). The zero-order chi connectivity index (χ0) is 16.7. The average molecular weight is 321 g/mol. The van der Waals surface area contributed by atoms with Gasteiger partial charge in [0.05, 0.1) is 11.8 Å². The zero-order valence-electron chi connectivity index (χ0n) is 14.2. The van der Waals surface area contributed by atoms with Crippen molar-refractivity contribution in [2.75, 3.05) is 33.2 Å². The fourth-order valence-corrected chi connectivity index (χ4v) is 4.75. The summed E-state index contributed by atoms with van der Waals surface area (Å²) in [6.07, 6.45) is 1.84. The van der Waals surface area contributed by atoms with E-state index in [0.717, 1.165) is 39.0 Å². The van der Waals surface area contributed by atoms with E-state index in [1.807, 2.05) is 18.9 Å². The maximum atomic E-state index is 12.8. The van der Waals surface area contributed by atoms with Crippen molar-refractivity contribution in [2.45, 2.75) is 26.7 Å². The normalized spacial score (nSPS) is 34.7. The zero-order valence-corrected chi connectivity index (χ0v) is 14.2. The fraction of sp³-hybridized carbons (Fsp3) is 0.765. The maximum absolute atomic E-state index is 12.8. The van der Waals surface area contributed by atoms with Crippen LogP contribution < -0.4 is 5.43 Å². The van der Waals surface area contributed by atoms with Crippen LogP contribution in [0.5, 0.6) is 0 Å². The Hall–Kier alpha value is -1.40. The second-order valence-corrected chi connectivity index (χ2v) is 7.40. The number of likely N-dealkylation sites (N-methyl/N-ethyl adjacent to an activating group) is 1. The van der Waals surface area contributed by atoms with Crippen molar-refractivity contribution < 1.29 is 14.7 Å². The Labute approximate surface area is 137 Å². The van der Waals surface area contributed by atoms with Gasteiger partial charge in [-0.1, -0.05) is 11.1 Å². The highest BCUT2D eigenvalue weighted by molar-refractivity contribution is 5.87. The number of rotatable bonds is 3. The van der Waals surface area contributed by atoms with Crippen LogP contribution >= 0.6 is 0 Å². The molecule has 0 aromatic carbocycles. The minimum atomic E-state index is -0.825. The SMILES string of the molecule is CC(C)=C1C2CCC1C(C(=O)NN1CCN(C)CC1)C2C(=O)O. The summed E-state index contributed by atoms with van der Waals surface area (Å²) in [4.78, 5) is 26.8. The van der Waals surface area contributed by atoms with Crippen molar-refractivity contribution in [1.29, 1.82) is 0 Å². The topological polar surface area (TPSA) is 72.9 Å². The number of hydrogen-bond donors (Lipinski definition) is 2. The Morgan fingerprint density at radius 3 is 2.13 bits per heavy atom. The summed E-state index contributed by atoms with van der Waals surface area (Å²) < 4.78 is 0. The number of carboxylic acid groups (broad SMARTS) is 1. The third-order valence-corrected chi connectivity index (χ3v) is 5.78. The number of carbonyl (C=O) groups excluding carboxylic acids is 1. The molecule has 128 valence electrons. The van der Waals surface area contributed by atoms with E-state index in [9.17, 15) is 14.7 Å². The molecule has 0 aromatic heterocycles. The van der Waals surface area contributed by atoms with E-state index in [0.29, 0.717) is 0 Å². The van der Waals surface area contributed by atoms with Crippen LogP contribution in [0.15, 0.2) is 11.1 Å². The monoisotopic (exact) mass is 321 g/mol. The molecule has 1 aliphatic heterocycles. The highest BCUT2D eigenvalue weighted by atomic mass is 16.4.